The van der Waals surface area contributed by atoms with Gasteiger partial charge in [-0.1, -0.05) is 5.16 Å². The van der Waals surface area contributed by atoms with Crippen LogP contribution in [0.1, 0.15) is 11.5 Å². The Labute approximate surface area is 77.5 Å². The average Bonchev–Trinajstić information content (AvgIpc) is 2.48. The highest BCUT2D eigenvalue weighted by atomic mass is 16.5. The molecule has 0 atom stereocenters. The summed E-state index contributed by atoms with van der Waals surface area (Å²) in [6, 6.07) is 0. The van der Waals surface area contributed by atoms with Gasteiger partial charge >= 0.3 is 0 Å². The van der Waals surface area contributed by atoms with Crippen LogP contribution in [0.15, 0.2) is 4.52 Å². The lowest BCUT2D eigenvalue weighted by atomic mass is 10.2. The summed E-state index contributed by atoms with van der Waals surface area (Å²) in [5.74, 6) is 0.902. The van der Waals surface area contributed by atoms with Crippen molar-refractivity contribution in [1.29, 1.82) is 0 Å². The first-order valence-electron chi connectivity index (χ1n) is 4.54. The number of rotatable bonds is 1. The summed E-state index contributed by atoms with van der Waals surface area (Å²) in [7, 11) is 0. The van der Waals surface area contributed by atoms with E-state index in [1.54, 1.807) is 0 Å². The summed E-state index contributed by atoms with van der Waals surface area (Å²) < 4.78 is 10.4. The van der Waals surface area contributed by atoms with E-state index in [4.69, 9.17) is 9.26 Å². The molecule has 1 aromatic rings. The molecule has 4 heteroatoms. The van der Waals surface area contributed by atoms with E-state index in [9.17, 15) is 0 Å². The van der Waals surface area contributed by atoms with Gasteiger partial charge in [0, 0.05) is 13.1 Å². The standard InChI is InChI=1S/C9H14N2O2/c1-7-9(8(2)13-10-7)11-3-5-12-6-4-11/h3-6H2,1-2H3. The van der Waals surface area contributed by atoms with Gasteiger partial charge < -0.3 is 14.2 Å². The molecule has 0 amide bonds. The number of hydrogen-bond acceptors (Lipinski definition) is 4. The number of anilines is 1. The third-order valence-electron chi connectivity index (χ3n) is 2.32. The molecule has 0 aliphatic carbocycles. The predicted octanol–water partition coefficient (Wildman–Crippen LogP) is 1.13. The number of aromatic nitrogens is 1. The quantitative estimate of drug-likeness (QED) is 0.652. The molecule has 0 aromatic carbocycles. The third-order valence-corrected chi connectivity index (χ3v) is 2.32. The molecule has 72 valence electrons. The van der Waals surface area contributed by atoms with Gasteiger partial charge in [0.1, 0.15) is 11.4 Å². The van der Waals surface area contributed by atoms with Crippen LogP contribution in [0.2, 0.25) is 0 Å². The van der Waals surface area contributed by atoms with E-state index in [1.807, 2.05) is 13.8 Å². The van der Waals surface area contributed by atoms with Crippen molar-refractivity contribution >= 4 is 5.69 Å². The lowest BCUT2D eigenvalue weighted by Crippen LogP contribution is -2.36. The summed E-state index contributed by atoms with van der Waals surface area (Å²) >= 11 is 0. The molecule has 1 aromatic heterocycles. The Kier molecular flexibility index (Phi) is 2.22. The zero-order valence-electron chi connectivity index (χ0n) is 8.04. The van der Waals surface area contributed by atoms with Gasteiger partial charge in [0.25, 0.3) is 0 Å². The predicted molar refractivity (Wildman–Crippen MR) is 49.0 cm³/mol. The fourth-order valence-electron chi connectivity index (χ4n) is 1.72. The molecule has 2 rings (SSSR count). The van der Waals surface area contributed by atoms with Crippen LogP contribution in [0.3, 0.4) is 0 Å². The SMILES string of the molecule is Cc1noc(C)c1N1CCOCC1. The van der Waals surface area contributed by atoms with Gasteiger partial charge in [-0.3, -0.25) is 0 Å². The highest BCUT2D eigenvalue weighted by Gasteiger charge is 2.18. The molecule has 0 saturated carbocycles. The molecule has 1 saturated heterocycles. The number of nitrogens with zero attached hydrogens (tertiary/aromatic N) is 2. The fraction of sp³-hybridized carbons (Fsp3) is 0.667. The van der Waals surface area contributed by atoms with Crippen LogP contribution in [0.5, 0.6) is 0 Å². The number of hydrogen-bond donors (Lipinski definition) is 0. The van der Waals surface area contributed by atoms with Gasteiger partial charge in [0.15, 0.2) is 5.76 Å². The van der Waals surface area contributed by atoms with Crippen LogP contribution in [-0.4, -0.2) is 31.5 Å². The molecular formula is C9H14N2O2. The Morgan fingerprint density at radius 2 is 1.92 bits per heavy atom. The minimum absolute atomic E-state index is 0.796. The van der Waals surface area contributed by atoms with Gasteiger partial charge in [-0.05, 0) is 13.8 Å². The first kappa shape index (κ1) is 8.56. The smallest absolute Gasteiger partial charge is 0.157 e. The maximum absolute atomic E-state index is 5.28. The summed E-state index contributed by atoms with van der Waals surface area (Å²) in [5, 5.41) is 3.93. The number of ether oxygens (including phenoxy) is 1. The molecule has 0 radical (unpaired) electrons. The first-order valence-corrected chi connectivity index (χ1v) is 4.54. The largest absolute Gasteiger partial charge is 0.378 e. The van der Waals surface area contributed by atoms with Crippen LogP contribution in [0, 0.1) is 13.8 Å². The Balaban J connectivity index is 2.22. The Hall–Kier alpha value is -1.03. The van der Waals surface area contributed by atoms with E-state index in [0.717, 1.165) is 43.4 Å². The highest BCUT2D eigenvalue weighted by Crippen LogP contribution is 2.24. The molecule has 0 N–H and O–H groups in total. The van der Waals surface area contributed by atoms with E-state index in [0.29, 0.717) is 0 Å². The van der Waals surface area contributed by atoms with Gasteiger partial charge in [0.05, 0.1) is 13.2 Å². The maximum Gasteiger partial charge on any atom is 0.157 e. The van der Waals surface area contributed by atoms with Crippen molar-refractivity contribution in [2.45, 2.75) is 13.8 Å². The Bertz CT molecular complexity index is 270. The average molecular weight is 182 g/mol. The van der Waals surface area contributed by atoms with E-state index in [1.165, 1.54) is 0 Å². The van der Waals surface area contributed by atoms with Crippen molar-refractivity contribution < 1.29 is 9.26 Å². The van der Waals surface area contributed by atoms with Crippen molar-refractivity contribution in [2.75, 3.05) is 31.2 Å². The van der Waals surface area contributed by atoms with Gasteiger partial charge in [-0.15, -0.1) is 0 Å². The minimum Gasteiger partial charge on any atom is -0.378 e. The molecule has 0 bridgehead atoms. The van der Waals surface area contributed by atoms with E-state index < -0.39 is 0 Å². The van der Waals surface area contributed by atoms with Crippen LogP contribution in [-0.2, 0) is 4.74 Å². The zero-order chi connectivity index (χ0) is 9.26. The number of aryl methyl sites for hydroxylation is 2. The second kappa shape index (κ2) is 3.38. The van der Waals surface area contributed by atoms with Gasteiger partial charge in [0.2, 0.25) is 0 Å². The topological polar surface area (TPSA) is 38.5 Å². The second-order valence-electron chi connectivity index (χ2n) is 3.27. The van der Waals surface area contributed by atoms with Gasteiger partial charge in [-0.25, -0.2) is 0 Å². The maximum atomic E-state index is 5.28. The minimum atomic E-state index is 0.796. The molecule has 0 unspecified atom stereocenters. The monoisotopic (exact) mass is 182 g/mol. The van der Waals surface area contributed by atoms with Crippen molar-refractivity contribution in [3.8, 4) is 0 Å². The molecule has 2 heterocycles. The Morgan fingerprint density at radius 3 is 2.46 bits per heavy atom. The first-order chi connectivity index (χ1) is 6.29. The third kappa shape index (κ3) is 1.54. The molecule has 4 nitrogen and oxygen atoms in total. The van der Waals surface area contributed by atoms with E-state index in [2.05, 4.69) is 10.1 Å². The Morgan fingerprint density at radius 1 is 1.23 bits per heavy atom. The van der Waals surface area contributed by atoms with Crippen LogP contribution < -0.4 is 4.90 Å². The van der Waals surface area contributed by atoms with Crippen LogP contribution in [0.25, 0.3) is 0 Å². The molecule has 1 aliphatic rings. The van der Waals surface area contributed by atoms with E-state index >= 15 is 0 Å². The van der Waals surface area contributed by atoms with Gasteiger partial charge in [-0.2, -0.15) is 0 Å². The number of morpholine rings is 1. The molecular weight excluding hydrogens is 168 g/mol. The summed E-state index contributed by atoms with van der Waals surface area (Å²) in [6.07, 6.45) is 0. The van der Waals surface area contributed by atoms with Crippen LogP contribution in [0.4, 0.5) is 5.69 Å². The van der Waals surface area contributed by atoms with E-state index in [-0.39, 0.29) is 0 Å². The van der Waals surface area contributed by atoms with Crippen molar-refractivity contribution in [2.24, 2.45) is 0 Å². The molecule has 1 fully saturated rings. The summed E-state index contributed by atoms with van der Waals surface area (Å²) in [6.45, 7) is 7.38. The highest BCUT2D eigenvalue weighted by molar-refractivity contribution is 5.53. The molecule has 1 aliphatic heterocycles. The second-order valence-corrected chi connectivity index (χ2v) is 3.27. The molecule has 13 heavy (non-hydrogen) atoms. The lowest BCUT2D eigenvalue weighted by Gasteiger charge is -2.28. The molecule has 0 spiro atoms. The van der Waals surface area contributed by atoms with Crippen LogP contribution >= 0.6 is 0 Å². The fourth-order valence-corrected chi connectivity index (χ4v) is 1.72. The zero-order valence-corrected chi connectivity index (χ0v) is 8.04. The summed E-state index contributed by atoms with van der Waals surface area (Å²) in [4.78, 5) is 2.27. The van der Waals surface area contributed by atoms with Crippen molar-refractivity contribution in [1.82, 2.24) is 5.16 Å². The lowest BCUT2D eigenvalue weighted by molar-refractivity contribution is 0.122. The summed E-state index contributed by atoms with van der Waals surface area (Å²) in [5.41, 5.74) is 2.11. The van der Waals surface area contributed by atoms with Crippen molar-refractivity contribution in [3.05, 3.63) is 11.5 Å². The van der Waals surface area contributed by atoms with Crippen molar-refractivity contribution in [3.63, 3.8) is 0 Å². The normalized spacial score (nSPS) is 17.8.